The number of hydrogen-bond donors (Lipinski definition) is 0. The summed E-state index contributed by atoms with van der Waals surface area (Å²) in [7, 11) is 0. The maximum absolute atomic E-state index is 5.35. The van der Waals surface area contributed by atoms with Gasteiger partial charge in [-0.25, -0.2) is 0 Å². The molecule has 0 saturated carbocycles. The Balaban J connectivity index is 1.81. The number of pyridine rings is 1. The quantitative estimate of drug-likeness (QED) is 0.805. The Morgan fingerprint density at radius 3 is 2.71 bits per heavy atom. The van der Waals surface area contributed by atoms with E-state index in [0.29, 0.717) is 0 Å². The van der Waals surface area contributed by atoms with Crippen LogP contribution in [0.5, 0.6) is 0 Å². The second-order valence-electron chi connectivity index (χ2n) is 5.58. The molecule has 3 heteroatoms. The lowest BCUT2D eigenvalue weighted by atomic mass is 10.1. The molecule has 1 aliphatic heterocycles. The van der Waals surface area contributed by atoms with Gasteiger partial charge in [0, 0.05) is 55.9 Å². The molecule has 1 aromatic heterocycles. The van der Waals surface area contributed by atoms with Gasteiger partial charge in [-0.15, -0.1) is 12.3 Å². The zero-order valence-electron chi connectivity index (χ0n) is 12.5. The Kier molecular flexibility index (Phi) is 4.08. The minimum absolute atomic E-state index is 0.845. The van der Waals surface area contributed by atoms with Gasteiger partial charge in [0.1, 0.15) is 0 Å². The summed E-state index contributed by atoms with van der Waals surface area (Å²) in [6, 6.07) is 10.6. The number of fused-ring (bicyclic) bond motifs is 1. The van der Waals surface area contributed by atoms with E-state index in [9.17, 15) is 0 Å². The van der Waals surface area contributed by atoms with Crippen molar-refractivity contribution >= 4 is 16.6 Å². The van der Waals surface area contributed by atoms with E-state index in [4.69, 9.17) is 6.42 Å². The zero-order chi connectivity index (χ0) is 14.7. The van der Waals surface area contributed by atoms with Crippen molar-refractivity contribution in [1.82, 2.24) is 9.88 Å². The van der Waals surface area contributed by atoms with E-state index in [1.54, 1.807) is 0 Å². The van der Waals surface area contributed by atoms with E-state index in [2.05, 4.69) is 58.0 Å². The summed E-state index contributed by atoms with van der Waals surface area (Å²) in [5.74, 6) is 2.73. The molecule has 3 nitrogen and oxygen atoms in total. The summed E-state index contributed by atoms with van der Waals surface area (Å²) in [5.41, 5.74) is 3.48. The van der Waals surface area contributed by atoms with E-state index < -0.39 is 0 Å². The first kappa shape index (κ1) is 13.9. The van der Waals surface area contributed by atoms with Gasteiger partial charge >= 0.3 is 0 Å². The third kappa shape index (κ3) is 3.01. The highest BCUT2D eigenvalue weighted by molar-refractivity contribution is 5.92. The lowest BCUT2D eigenvalue weighted by Gasteiger charge is -2.36. The number of rotatable bonds is 3. The smallest absolute Gasteiger partial charge is 0.0726 e. The Morgan fingerprint density at radius 2 is 1.95 bits per heavy atom. The zero-order valence-corrected chi connectivity index (χ0v) is 12.5. The number of aryl methyl sites for hydroxylation is 1. The molecule has 1 aliphatic rings. The molecule has 21 heavy (non-hydrogen) atoms. The number of hydrogen-bond acceptors (Lipinski definition) is 3. The number of aromatic nitrogens is 1. The van der Waals surface area contributed by atoms with Crippen molar-refractivity contribution in [2.75, 3.05) is 37.6 Å². The molecule has 1 fully saturated rings. The molecule has 108 valence electrons. The van der Waals surface area contributed by atoms with Crippen molar-refractivity contribution in [3.63, 3.8) is 0 Å². The number of piperazine rings is 1. The van der Waals surface area contributed by atoms with Gasteiger partial charge in [-0.05, 0) is 19.1 Å². The summed E-state index contributed by atoms with van der Waals surface area (Å²) in [4.78, 5) is 9.55. The predicted molar refractivity (Wildman–Crippen MR) is 88.6 cm³/mol. The van der Waals surface area contributed by atoms with Crippen LogP contribution in [0.25, 0.3) is 10.9 Å². The van der Waals surface area contributed by atoms with Crippen molar-refractivity contribution in [3.05, 3.63) is 36.0 Å². The second kappa shape index (κ2) is 6.15. The van der Waals surface area contributed by atoms with E-state index in [-0.39, 0.29) is 0 Å². The standard InChI is InChI=1S/C18H21N3/c1-3-4-9-20-10-12-21(13-11-20)18-14-15(2)19-17-8-6-5-7-16(17)18/h1,5-8,14H,4,9-13H2,2H3. The Labute approximate surface area is 126 Å². The van der Waals surface area contributed by atoms with Crippen LogP contribution in [0.2, 0.25) is 0 Å². The van der Waals surface area contributed by atoms with Gasteiger partial charge in [-0.3, -0.25) is 9.88 Å². The maximum Gasteiger partial charge on any atom is 0.0726 e. The molecule has 0 N–H and O–H groups in total. The number of terminal acetylenes is 1. The lowest BCUT2D eigenvalue weighted by molar-refractivity contribution is 0.264. The highest BCUT2D eigenvalue weighted by Gasteiger charge is 2.18. The molecule has 0 aliphatic carbocycles. The molecule has 3 rings (SSSR count). The van der Waals surface area contributed by atoms with E-state index >= 15 is 0 Å². The number of nitrogens with zero attached hydrogens (tertiary/aromatic N) is 3. The van der Waals surface area contributed by atoms with Crippen LogP contribution in [-0.2, 0) is 0 Å². The second-order valence-corrected chi connectivity index (χ2v) is 5.58. The topological polar surface area (TPSA) is 19.4 Å². The van der Waals surface area contributed by atoms with Crippen LogP contribution in [-0.4, -0.2) is 42.6 Å². The fourth-order valence-corrected chi connectivity index (χ4v) is 2.98. The van der Waals surface area contributed by atoms with Gasteiger partial charge in [-0.1, -0.05) is 18.2 Å². The Bertz CT molecular complexity index is 664. The molecule has 2 aromatic rings. The first-order chi connectivity index (χ1) is 10.3. The van der Waals surface area contributed by atoms with Crippen LogP contribution in [0, 0.1) is 19.3 Å². The third-order valence-electron chi connectivity index (χ3n) is 4.11. The molecule has 0 atom stereocenters. The molecular weight excluding hydrogens is 258 g/mol. The van der Waals surface area contributed by atoms with E-state index in [1.807, 2.05) is 0 Å². The molecule has 0 radical (unpaired) electrons. The van der Waals surface area contributed by atoms with Crippen molar-refractivity contribution in [3.8, 4) is 12.3 Å². The van der Waals surface area contributed by atoms with Gasteiger partial charge in [0.15, 0.2) is 0 Å². The molecule has 1 saturated heterocycles. The summed E-state index contributed by atoms with van der Waals surface area (Å²) >= 11 is 0. The number of para-hydroxylation sites is 1. The Hall–Kier alpha value is -2.05. The molecule has 0 amide bonds. The molecule has 1 aromatic carbocycles. The van der Waals surface area contributed by atoms with Crippen LogP contribution < -0.4 is 4.90 Å². The average Bonchev–Trinajstić information content (AvgIpc) is 2.52. The van der Waals surface area contributed by atoms with Gasteiger partial charge in [0.05, 0.1) is 5.52 Å². The molecule has 2 heterocycles. The molecular formula is C18H21N3. The van der Waals surface area contributed by atoms with E-state index in [0.717, 1.165) is 50.4 Å². The summed E-state index contributed by atoms with van der Waals surface area (Å²) in [6.45, 7) is 7.35. The van der Waals surface area contributed by atoms with Crippen LogP contribution in [0.15, 0.2) is 30.3 Å². The minimum atomic E-state index is 0.845. The highest BCUT2D eigenvalue weighted by atomic mass is 15.3. The number of anilines is 1. The first-order valence-corrected chi connectivity index (χ1v) is 7.55. The van der Waals surface area contributed by atoms with Crippen molar-refractivity contribution < 1.29 is 0 Å². The summed E-state index contributed by atoms with van der Waals surface area (Å²) < 4.78 is 0. The molecule has 0 bridgehead atoms. The van der Waals surface area contributed by atoms with Crippen molar-refractivity contribution in [2.24, 2.45) is 0 Å². The normalized spacial score (nSPS) is 16.1. The maximum atomic E-state index is 5.35. The highest BCUT2D eigenvalue weighted by Crippen LogP contribution is 2.27. The van der Waals surface area contributed by atoms with Crippen LogP contribution in [0.3, 0.4) is 0 Å². The van der Waals surface area contributed by atoms with Gasteiger partial charge in [0.25, 0.3) is 0 Å². The molecule has 0 unspecified atom stereocenters. The monoisotopic (exact) mass is 279 g/mol. The van der Waals surface area contributed by atoms with Crippen LogP contribution >= 0.6 is 0 Å². The fourth-order valence-electron chi connectivity index (χ4n) is 2.98. The van der Waals surface area contributed by atoms with Crippen LogP contribution in [0.1, 0.15) is 12.1 Å². The van der Waals surface area contributed by atoms with Gasteiger partial charge in [0.2, 0.25) is 0 Å². The minimum Gasteiger partial charge on any atom is -0.368 e. The number of benzene rings is 1. The van der Waals surface area contributed by atoms with Crippen LogP contribution in [0.4, 0.5) is 5.69 Å². The van der Waals surface area contributed by atoms with Crippen molar-refractivity contribution in [2.45, 2.75) is 13.3 Å². The fraction of sp³-hybridized carbons (Fsp3) is 0.389. The largest absolute Gasteiger partial charge is 0.368 e. The summed E-state index contributed by atoms with van der Waals surface area (Å²) in [5, 5.41) is 1.25. The third-order valence-corrected chi connectivity index (χ3v) is 4.11. The van der Waals surface area contributed by atoms with E-state index in [1.165, 1.54) is 11.1 Å². The predicted octanol–water partition coefficient (Wildman–Crippen LogP) is 2.69. The lowest BCUT2D eigenvalue weighted by Crippen LogP contribution is -2.46. The SMILES string of the molecule is C#CCCN1CCN(c2cc(C)nc3ccccc23)CC1. The first-order valence-electron chi connectivity index (χ1n) is 7.55. The summed E-state index contributed by atoms with van der Waals surface area (Å²) in [6.07, 6.45) is 6.19. The average molecular weight is 279 g/mol. The van der Waals surface area contributed by atoms with Crippen molar-refractivity contribution in [1.29, 1.82) is 0 Å². The van der Waals surface area contributed by atoms with Gasteiger partial charge in [-0.2, -0.15) is 0 Å². The Morgan fingerprint density at radius 1 is 1.19 bits per heavy atom. The molecule has 0 spiro atoms. The van der Waals surface area contributed by atoms with Gasteiger partial charge < -0.3 is 4.90 Å².